The molecule has 27 heavy (non-hydrogen) atoms. The Balaban J connectivity index is 1.78. The van der Waals surface area contributed by atoms with Crippen LogP contribution in [0.2, 0.25) is 0 Å². The summed E-state index contributed by atoms with van der Waals surface area (Å²) < 4.78 is 0. The highest BCUT2D eigenvalue weighted by molar-refractivity contribution is 6.06. The monoisotopic (exact) mass is 371 g/mol. The summed E-state index contributed by atoms with van der Waals surface area (Å²) in [5.74, 6) is -1.05. The predicted octanol–water partition coefficient (Wildman–Crippen LogP) is 2.72. The highest BCUT2D eigenvalue weighted by atomic mass is 16.2. The van der Waals surface area contributed by atoms with E-state index in [9.17, 15) is 19.2 Å². The van der Waals surface area contributed by atoms with Gasteiger partial charge in [0.15, 0.2) is 5.78 Å². The van der Waals surface area contributed by atoms with Crippen LogP contribution in [-0.4, -0.2) is 40.6 Å². The van der Waals surface area contributed by atoms with E-state index < -0.39 is 18.0 Å². The fraction of sp³-hybridized carbons (Fsp3) is 0.500. The summed E-state index contributed by atoms with van der Waals surface area (Å²) in [5, 5.41) is 5.63. The minimum absolute atomic E-state index is 0.105. The second-order valence-corrected chi connectivity index (χ2v) is 7.21. The number of hydrogen-bond donors (Lipinski definition) is 2. The molecule has 4 amide bonds. The van der Waals surface area contributed by atoms with Gasteiger partial charge in [0.1, 0.15) is 6.04 Å². The lowest BCUT2D eigenvalue weighted by Gasteiger charge is -2.42. The maximum atomic E-state index is 12.9. The zero-order valence-electron chi connectivity index (χ0n) is 15.7. The van der Waals surface area contributed by atoms with Crippen LogP contribution in [0.1, 0.15) is 56.3 Å². The number of carbonyl (C=O) groups excluding carboxylic acids is 4. The summed E-state index contributed by atoms with van der Waals surface area (Å²) in [7, 11) is 0. The van der Waals surface area contributed by atoms with Crippen LogP contribution < -0.4 is 10.6 Å². The number of nitrogens with one attached hydrogen (secondary N) is 2. The smallest absolute Gasteiger partial charge is 0.325 e. The van der Waals surface area contributed by atoms with Gasteiger partial charge in [-0.2, -0.15) is 0 Å². The molecule has 2 aliphatic rings. The van der Waals surface area contributed by atoms with Gasteiger partial charge in [-0.05, 0) is 38.3 Å². The van der Waals surface area contributed by atoms with E-state index in [-0.39, 0.29) is 23.7 Å². The van der Waals surface area contributed by atoms with Gasteiger partial charge in [-0.25, -0.2) is 4.79 Å². The third-order valence-electron chi connectivity index (χ3n) is 5.39. The number of carbonyl (C=O) groups is 4. The molecule has 1 heterocycles. The van der Waals surface area contributed by atoms with E-state index >= 15 is 0 Å². The Hall–Kier alpha value is -2.70. The third kappa shape index (κ3) is 3.86. The summed E-state index contributed by atoms with van der Waals surface area (Å²) in [6.45, 7) is 3.22. The second-order valence-electron chi connectivity index (χ2n) is 7.21. The van der Waals surface area contributed by atoms with Crippen LogP contribution in [0.25, 0.3) is 0 Å². The lowest BCUT2D eigenvalue weighted by molar-refractivity contribution is -0.142. The molecule has 0 spiro atoms. The summed E-state index contributed by atoms with van der Waals surface area (Å²) in [6, 6.07) is 5.10. The quantitative estimate of drug-likeness (QED) is 0.778. The Labute approximate surface area is 158 Å². The largest absolute Gasteiger partial charge is 0.334 e. The molecule has 1 saturated carbocycles. The lowest BCUT2D eigenvalue weighted by Crippen LogP contribution is -2.64. The summed E-state index contributed by atoms with van der Waals surface area (Å²) in [4.78, 5) is 50.8. The summed E-state index contributed by atoms with van der Waals surface area (Å²) >= 11 is 0. The van der Waals surface area contributed by atoms with Gasteiger partial charge in [-0.1, -0.05) is 31.9 Å². The molecule has 1 saturated heterocycles. The number of fused-ring (bicyclic) bond motifs is 1. The molecule has 3 rings (SSSR count). The van der Waals surface area contributed by atoms with Gasteiger partial charge in [-0.15, -0.1) is 0 Å². The van der Waals surface area contributed by atoms with Crippen molar-refractivity contribution in [3.8, 4) is 0 Å². The number of hydrogen-bond acceptors (Lipinski definition) is 4. The SMILES string of the molecule is CCC(C(=O)Nc1cccc(C(C)=O)c1)N1C(=O)NC2CCCCC2C1=O. The first-order valence-corrected chi connectivity index (χ1v) is 9.47. The highest BCUT2D eigenvalue weighted by Gasteiger charge is 2.45. The van der Waals surface area contributed by atoms with Crippen molar-refractivity contribution in [2.75, 3.05) is 5.32 Å². The topological polar surface area (TPSA) is 95.6 Å². The molecule has 1 aliphatic heterocycles. The summed E-state index contributed by atoms with van der Waals surface area (Å²) in [6.07, 6.45) is 3.81. The van der Waals surface area contributed by atoms with E-state index in [0.29, 0.717) is 17.7 Å². The van der Waals surface area contributed by atoms with Gasteiger partial charge in [0.25, 0.3) is 0 Å². The molecule has 1 aromatic rings. The number of nitrogens with zero attached hydrogens (tertiary/aromatic N) is 1. The van der Waals surface area contributed by atoms with Gasteiger partial charge in [0.2, 0.25) is 11.8 Å². The first-order chi connectivity index (χ1) is 12.9. The van der Waals surface area contributed by atoms with E-state index in [4.69, 9.17) is 0 Å². The number of imide groups is 1. The van der Waals surface area contributed by atoms with Crippen LogP contribution in [-0.2, 0) is 9.59 Å². The lowest BCUT2D eigenvalue weighted by atomic mass is 9.82. The van der Waals surface area contributed by atoms with Crippen molar-refractivity contribution in [2.24, 2.45) is 5.92 Å². The number of urea groups is 1. The normalized spacial score (nSPS) is 23.3. The Bertz CT molecular complexity index is 776. The minimum Gasteiger partial charge on any atom is -0.334 e. The van der Waals surface area contributed by atoms with Crippen molar-refractivity contribution >= 4 is 29.3 Å². The zero-order chi connectivity index (χ0) is 19.6. The molecular weight excluding hydrogens is 346 g/mol. The van der Waals surface area contributed by atoms with Crippen molar-refractivity contribution in [1.82, 2.24) is 10.2 Å². The zero-order valence-corrected chi connectivity index (χ0v) is 15.7. The molecule has 3 atom stereocenters. The maximum absolute atomic E-state index is 12.9. The molecule has 1 aromatic carbocycles. The number of benzene rings is 1. The van der Waals surface area contributed by atoms with Crippen molar-refractivity contribution in [3.63, 3.8) is 0 Å². The standard InChI is InChI=1S/C20H25N3O4/c1-3-17(18(25)21-14-8-6-7-13(11-14)12(2)24)23-19(26)15-9-4-5-10-16(15)22-20(23)27/h6-8,11,15-17H,3-5,9-10H2,1-2H3,(H,21,25)(H,22,27). The van der Waals surface area contributed by atoms with Gasteiger partial charge in [0.05, 0.1) is 5.92 Å². The maximum Gasteiger partial charge on any atom is 0.325 e. The highest BCUT2D eigenvalue weighted by Crippen LogP contribution is 2.30. The summed E-state index contributed by atoms with van der Waals surface area (Å²) in [5.41, 5.74) is 0.948. The van der Waals surface area contributed by atoms with Crippen LogP contribution in [0.15, 0.2) is 24.3 Å². The average Bonchev–Trinajstić information content (AvgIpc) is 2.65. The molecule has 0 bridgehead atoms. The van der Waals surface area contributed by atoms with Crippen molar-refractivity contribution in [2.45, 2.75) is 58.0 Å². The first-order valence-electron chi connectivity index (χ1n) is 9.47. The Morgan fingerprint density at radius 1 is 1.26 bits per heavy atom. The number of rotatable bonds is 5. The fourth-order valence-electron chi connectivity index (χ4n) is 3.93. The minimum atomic E-state index is -0.888. The first kappa shape index (κ1) is 19.1. The molecule has 3 unspecified atom stereocenters. The van der Waals surface area contributed by atoms with Crippen molar-refractivity contribution in [3.05, 3.63) is 29.8 Å². The molecule has 2 fully saturated rings. The van der Waals surface area contributed by atoms with Crippen LogP contribution in [0.3, 0.4) is 0 Å². The van der Waals surface area contributed by atoms with E-state index in [1.54, 1.807) is 31.2 Å². The van der Waals surface area contributed by atoms with Crippen molar-refractivity contribution < 1.29 is 19.2 Å². The van der Waals surface area contributed by atoms with Crippen LogP contribution >= 0.6 is 0 Å². The average molecular weight is 371 g/mol. The van der Waals surface area contributed by atoms with E-state index in [1.807, 2.05) is 0 Å². The fourth-order valence-corrected chi connectivity index (χ4v) is 3.93. The number of anilines is 1. The molecule has 144 valence electrons. The third-order valence-corrected chi connectivity index (χ3v) is 5.39. The van der Waals surface area contributed by atoms with Gasteiger partial charge in [0, 0.05) is 17.3 Å². The molecule has 0 radical (unpaired) electrons. The van der Waals surface area contributed by atoms with Gasteiger partial charge in [-0.3, -0.25) is 19.3 Å². The van der Waals surface area contributed by atoms with Crippen molar-refractivity contribution in [1.29, 1.82) is 0 Å². The Kier molecular flexibility index (Phi) is 5.58. The Morgan fingerprint density at radius 2 is 2.00 bits per heavy atom. The van der Waals surface area contributed by atoms with Gasteiger partial charge < -0.3 is 10.6 Å². The molecule has 7 heteroatoms. The Morgan fingerprint density at radius 3 is 2.70 bits per heavy atom. The molecule has 0 aromatic heterocycles. The van der Waals surface area contributed by atoms with Crippen LogP contribution in [0.5, 0.6) is 0 Å². The molecule has 7 nitrogen and oxygen atoms in total. The van der Waals surface area contributed by atoms with Crippen LogP contribution in [0, 0.1) is 5.92 Å². The molecular formula is C20H25N3O4. The van der Waals surface area contributed by atoms with E-state index in [1.165, 1.54) is 6.92 Å². The van der Waals surface area contributed by atoms with Crippen LogP contribution in [0.4, 0.5) is 10.5 Å². The molecule has 1 aliphatic carbocycles. The van der Waals surface area contributed by atoms with E-state index in [0.717, 1.165) is 30.6 Å². The second kappa shape index (κ2) is 7.90. The number of ketones is 1. The van der Waals surface area contributed by atoms with Gasteiger partial charge >= 0.3 is 6.03 Å². The van der Waals surface area contributed by atoms with E-state index in [2.05, 4.69) is 10.6 Å². The number of Topliss-reactive ketones (excluding diaryl/α,β-unsaturated/α-hetero) is 1. The predicted molar refractivity (Wildman–Crippen MR) is 100 cm³/mol. The molecule has 2 N–H and O–H groups in total. The number of amides is 4.